The van der Waals surface area contributed by atoms with Crippen LogP contribution in [-0.2, 0) is 21.6 Å². The molecule has 0 saturated heterocycles. The second-order valence-corrected chi connectivity index (χ2v) is 3.98. The Labute approximate surface area is 91.3 Å². The van der Waals surface area contributed by atoms with Gasteiger partial charge in [0.2, 0.25) is 0 Å². The van der Waals surface area contributed by atoms with Crippen molar-refractivity contribution in [2.45, 2.75) is 52.9 Å². The van der Waals surface area contributed by atoms with E-state index in [1.165, 1.54) is 12.8 Å². The third-order valence-electron chi connectivity index (χ3n) is 2.21. The molecule has 0 atom stereocenters. The smallest absolute Gasteiger partial charge is 0.550 e. The summed E-state index contributed by atoms with van der Waals surface area (Å²) in [6, 6.07) is 0. The summed E-state index contributed by atoms with van der Waals surface area (Å²) in [6.07, 6.45) is 5.24. The van der Waals surface area contributed by atoms with Crippen molar-refractivity contribution in [3.8, 4) is 0 Å². The van der Waals surface area contributed by atoms with Crippen molar-refractivity contribution in [2.24, 2.45) is 5.41 Å². The van der Waals surface area contributed by atoms with Crippen LogP contribution in [0.2, 0.25) is 0 Å². The first-order chi connectivity index (χ1) is 5.50. The Balaban J connectivity index is 0. The van der Waals surface area contributed by atoms with Gasteiger partial charge in [-0.05, 0) is 6.42 Å². The van der Waals surface area contributed by atoms with Gasteiger partial charge in [-0.1, -0.05) is 46.5 Å². The van der Waals surface area contributed by atoms with Gasteiger partial charge >= 0.3 is 16.8 Å². The second-order valence-electron chi connectivity index (χ2n) is 3.98. The summed E-state index contributed by atoms with van der Waals surface area (Å²) in [5, 5.41) is 10.6. The standard InChI is InChI=1S/C10H20O2.Co/c1-4-5-6-7-8-10(2,3)9(11)12;/h4-8H2,1-3H3,(H,11,12);/q;+2/p-1. The SMILES string of the molecule is CCCCCCC(C)(C)C(=O)[O-].[Co+2]. The normalized spacial score (nSPS) is 10.7. The Hall–Kier alpha value is -0.0235. The van der Waals surface area contributed by atoms with E-state index in [1.54, 1.807) is 13.8 Å². The maximum absolute atomic E-state index is 10.6. The summed E-state index contributed by atoms with van der Waals surface area (Å²) < 4.78 is 0. The Morgan fingerprint density at radius 2 is 1.77 bits per heavy atom. The number of rotatable bonds is 6. The van der Waals surface area contributed by atoms with E-state index in [0.29, 0.717) is 0 Å². The van der Waals surface area contributed by atoms with E-state index >= 15 is 0 Å². The van der Waals surface area contributed by atoms with E-state index in [2.05, 4.69) is 6.92 Å². The Bertz CT molecular complexity index is 144. The minimum atomic E-state index is -0.931. The van der Waals surface area contributed by atoms with Gasteiger partial charge in [-0.2, -0.15) is 0 Å². The molecule has 2 nitrogen and oxygen atoms in total. The molecule has 0 heterocycles. The Morgan fingerprint density at radius 1 is 1.23 bits per heavy atom. The zero-order valence-electron chi connectivity index (χ0n) is 8.69. The predicted molar refractivity (Wildman–Crippen MR) is 47.5 cm³/mol. The molecule has 0 saturated carbocycles. The molecule has 0 aliphatic rings. The summed E-state index contributed by atoms with van der Waals surface area (Å²) in [5.41, 5.74) is -0.645. The van der Waals surface area contributed by atoms with Crippen LogP contribution in [0.3, 0.4) is 0 Å². The van der Waals surface area contributed by atoms with Crippen LogP contribution in [0.1, 0.15) is 52.9 Å². The molecule has 79 valence electrons. The van der Waals surface area contributed by atoms with Gasteiger partial charge in [0.25, 0.3) is 0 Å². The largest absolute Gasteiger partial charge is 2.00 e. The molecule has 0 aliphatic carbocycles. The third kappa shape index (κ3) is 7.08. The van der Waals surface area contributed by atoms with Gasteiger partial charge in [0.05, 0.1) is 0 Å². The molecule has 0 spiro atoms. The van der Waals surface area contributed by atoms with Crippen LogP contribution in [0.5, 0.6) is 0 Å². The molecule has 3 heteroatoms. The summed E-state index contributed by atoms with van der Waals surface area (Å²) in [4.78, 5) is 10.6. The van der Waals surface area contributed by atoms with Gasteiger partial charge in [-0.15, -0.1) is 0 Å². The molecule has 0 unspecified atom stereocenters. The minimum absolute atomic E-state index is 0. The number of hydrogen-bond acceptors (Lipinski definition) is 2. The zero-order chi connectivity index (χ0) is 9.61. The van der Waals surface area contributed by atoms with Crippen molar-refractivity contribution in [3.05, 3.63) is 0 Å². The van der Waals surface area contributed by atoms with E-state index < -0.39 is 11.4 Å². The molecule has 0 aliphatic heterocycles. The number of carbonyl (C=O) groups excluding carboxylic acids is 1. The fraction of sp³-hybridized carbons (Fsp3) is 0.900. The molecule has 0 bridgehead atoms. The van der Waals surface area contributed by atoms with E-state index in [4.69, 9.17) is 0 Å². The van der Waals surface area contributed by atoms with E-state index in [-0.39, 0.29) is 16.8 Å². The Morgan fingerprint density at radius 3 is 2.15 bits per heavy atom. The van der Waals surface area contributed by atoms with Crippen molar-refractivity contribution >= 4 is 5.97 Å². The fourth-order valence-electron chi connectivity index (χ4n) is 1.10. The summed E-state index contributed by atoms with van der Waals surface area (Å²) in [6.45, 7) is 5.60. The summed E-state index contributed by atoms with van der Waals surface area (Å²) in [7, 11) is 0. The van der Waals surface area contributed by atoms with E-state index in [1.807, 2.05) is 0 Å². The van der Waals surface area contributed by atoms with Crippen LogP contribution in [0.4, 0.5) is 0 Å². The van der Waals surface area contributed by atoms with Crippen molar-refractivity contribution < 1.29 is 26.7 Å². The van der Waals surface area contributed by atoms with Crippen molar-refractivity contribution in [2.75, 3.05) is 0 Å². The number of carboxylic acids is 1. The molecule has 1 radical (unpaired) electrons. The van der Waals surface area contributed by atoms with Crippen LogP contribution in [-0.4, -0.2) is 5.97 Å². The summed E-state index contributed by atoms with van der Waals surface area (Å²) >= 11 is 0. The van der Waals surface area contributed by atoms with Gasteiger partial charge in [-0.25, -0.2) is 0 Å². The molecule has 0 amide bonds. The molecule has 13 heavy (non-hydrogen) atoms. The average molecular weight is 230 g/mol. The van der Waals surface area contributed by atoms with Crippen LogP contribution in [0.25, 0.3) is 0 Å². The minimum Gasteiger partial charge on any atom is -0.550 e. The second kappa shape index (κ2) is 7.39. The van der Waals surface area contributed by atoms with E-state index in [0.717, 1.165) is 19.3 Å². The first kappa shape index (κ1) is 15.4. The van der Waals surface area contributed by atoms with Crippen molar-refractivity contribution in [1.82, 2.24) is 0 Å². The first-order valence-electron chi connectivity index (χ1n) is 4.72. The van der Waals surface area contributed by atoms with Gasteiger partial charge in [0.15, 0.2) is 0 Å². The van der Waals surface area contributed by atoms with Crippen molar-refractivity contribution in [3.63, 3.8) is 0 Å². The molecular weight excluding hydrogens is 211 g/mol. The van der Waals surface area contributed by atoms with Crippen LogP contribution in [0.15, 0.2) is 0 Å². The quantitative estimate of drug-likeness (QED) is 0.652. The summed E-state index contributed by atoms with van der Waals surface area (Å²) in [5.74, 6) is -0.931. The fourth-order valence-corrected chi connectivity index (χ4v) is 1.10. The molecule has 0 rings (SSSR count). The Kier molecular flexibility index (Phi) is 8.78. The van der Waals surface area contributed by atoms with E-state index in [9.17, 15) is 9.90 Å². The van der Waals surface area contributed by atoms with Gasteiger partial charge in [0.1, 0.15) is 0 Å². The molecule has 0 N–H and O–H groups in total. The maximum Gasteiger partial charge on any atom is 2.00 e. The van der Waals surface area contributed by atoms with Crippen LogP contribution >= 0.6 is 0 Å². The molecule has 0 fully saturated rings. The molecule has 0 aromatic carbocycles. The predicted octanol–water partition coefficient (Wildman–Crippen LogP) is 1.73. The maximum atomic E-state index is 10.6. The zero-order valence-corrected chi connectivity index (χ0v) is 9.73. The van der Waals surface area contributed by atoms with Gasteiger partial charge < -0.3 is 9.90 Å². The first-order valence-corrected chi connectivity index (χ1v) is 4.72. The third-order valence-corrected chi connectivity index (χ3v) is 2.21. The molecule has 0 aromatic heterocycles. The van der Waals surface area contributed by atoms with Crippen molar-refractivity contribution in [1.29, 1.82) is 0 Å². The van der Waals surface area contributed by atoms with Crippen LogP contribution in [0, 0.1) is 5.41 Å². The topological polar surface area (TPSA) is 40.1 Å². The van der Waals surface area contributed by atoms with Gasteiger partial charge in [-0.3, -0.25) is 0 Å². The molecule has 0 aromatic rings. The van der Waals surface area contributed by atoms with Crippen LogP contribution < -0.4 is 5.11 Å². The van der Waals surface area contributed by atoms with Gasteiger partial charge in [0, 0.05) is 11.4 Å². The number of carbonyl (C=O) groups is 1. The number of hydrogen-bond donors (Lipinski definition) is 0. The monoisotopic (exact) mass is 230 g/mol. The number of unbranched alkanes of at least 4 members (excludes halogenated alkanes) is 3. The number of aliphatic carboxylic acids is 1. The number of carboxylic acid groups (broad SMARTS) is 1. The molecular formula is C10H19CoO2+. The average Bonchev–Trinajstić information content (AvgIpc) is 1.98.